The van der Waals surface area contributed by atoms with E-state index in [0.717, 1.165) is 21.4 Å². The molecule has 3 rings (SSSR count). The van der Waals surface area contributed by atoms with Gasteiger partial charge in [0.15, 0.2) is 0 Å². The minimum absolute atomic E-state index is 0.0162. The van der Waals surface area contributed by atoms with Gasteiger partial charge >= 0.3 is 0 Å². The number of imide groups is 1. The molecule has 0 bridgehead atoms. The molecule has 0 unspecified atom stereocenters. The quantitative estimate of drug-likeness (QED) is 0.415. The molecule has 1 aliphatic rings. The van der Waals surface area contributed by atoms with Crippen molar-refractivity contribution in [1.29, 1.82) is 0 Å². The highest BCUT2D eigenvalue weighted by Crippen LogP contribution is 2.31. The van der Waals surface area contributed by atoms with Gasteiger partial charge in [0.1, 0.15) is 5.56 Å². The van der Waals surface area contributed by atoms with E-state index in [9.17, 15) is 24.5 Å². The third-order valence-electron chi connectivity index (χ3n) is 4.45. The second kappa shape index (κ2) is 7.89. The van der Waals surface area contributed by atoms with E-state index in [1.165, 1.54) is 18.2 Å². The second-order valence-corrected chi connectivity index (χ2v) is 7.04. The number of nitro groups is 1. The molecule has 0 spiro atoms. The molecule has 1 heterocycles. The lowest BCUT2D eigenvalue weighted by molar-refractivity contribution is -0.385. The predicted molar refractivity (Wildman–Crippen MR) is 105 cm³/mol. The summed E-state index contributed by atoms with van der Waals surface area (Å²) in [5, 5.41) is 13.8. The lowest BCUT2D eigenvalue weighted by atomic mass is 10.1. The number of rotatable bonds is 6. The van der Waals surface area contributed by atoms with Gasteiger partial charge in [0.2, 0.25) is 5.91 Å². The summed E-state index contributed by atoms with van der Waals surface area (Å²) in [6, 6.07) is 9.47. The zero-order chi connectivity index (χ0) is 20.4. The van der Waals surface area contributed by atoms with Crippen LogP contribution in [0.5, 0.6) is 0 Å². The molecule has 0 aliphatic carbocycles. The van der Waals surface area contributed by atoms with E-state index < -0.39 is 22.4 Å². The molecule has 144 valence electrons. The Morgan fingerprint density at radius 1 is 1.21 bits per heavy atom. The van der Waals surface area contributed by atoms with Crippen LogP contribution < -0.4 is 5.32 Å². The summed E-state index contributed by atoms with van der Waals surface area (Å²) in [7, 11) is 0. The molecule has 9 heteroatoms. The Bertz CT molecular complexity index is 1010. The molecule has 2 aromatic rings. The molecule has 0 aromatic heterocycles. The maximum Gasteiger partial charge on any atom is 0.282 e. The van der Waals surface area contributed by atoms with Gasteiger partial charge < -0.3 is 5.32 Å². The summed E-state index contributed by atoms with van der Waals surface area (Å²) in [6.45, 7) is 1.85. The number of hydrogen-bond acceptors (Lipinski definition) is 5. The number of nitrogens with one attached hydrogen (secondary N) is 1. The zero-order valence-electron chi connectivity index (χ0n) is 14.9. The van der Waals surface area contributed by atoms with Crippen molar-refractivity contribution in [1.82, 2.24) is 4.90 Å². The van der Waals surface area contributed by atoms with Crippen LogP contribution in [0.1, 0.15) is 39.6 Å². The summed E-state index contributed by atoms with van der Waals surface area (Å²) in [5.74, 6) is -1.77. The van der Waals surface area contributed by atoms with Crippen molar-refractivity contribution in [3.05, 3.63) is 67.7 Å². The average molecular weight is 446 g/mol. The molecular weight excluding hydrogens is 430 g/mol. The van der Waals surface area contributed by atoms with Crippen molar-refractivity contribution < 1.29 is 19.3 Å². The number of aryl methyl sites for hydroxylation is 1. The van der Waals surface area contributed by atoms with Crippen LogP contribution in [-0.4, -0.2) is 34.1 Å². The maximum absolute atomic E-state index is 12.5. The Kier molecular flexibility index (Phi) is 5.55. The second-order valence-electron chi connectivity index (χ2n) is 6.18. The van der Waals surface area contributed by atoms with Gasteiger partial charge in [-0.15, -0.1) is 0 Å². The van der Waals surface area contributed by atoms with Crippen molar-refractivity contribution in [3.8, 4) is 0 Å². The molecule has 28 heavy (non-hydrogen) atoms. The normalized spacial score (nSPS) is 12.9. The van der Waals surface area contributed by atoms with E-state index >= 15 is 0 Å². The minimum atomic E-state index is -0.756. The van der Waals surface area contributed by atoms with Crippen LogP contribution in [-0.2, 0) is 11.2 Å². The number of fused-ring (bicyclic) bond motifs is 1. The highest BCUT2D eigenvalue weighted by atomic mass is 79.9. The summed E-state index contributed by atoms with van der Waals surface area (Å²) in [6.07, 6.45) is 0.736. The number of nitrogens with zero attached hydrogens (tertiary/aromatic N) is 2. The molecule has 1 N–H and O–H groups in total. The fourth-order valence-corrected chi connectivity index (χ4v) is 3.50. The molecule has 8 nitrogen and oxygen atoms in total. The van der Waals surface area contributed by atoms with Crippen LogP contribution in [0.25, 0.3) is 0 Å². The monoisotopic (exact) mass is 445 g/mol. The SMILES string of the molecule is CCc1ccc(NC(=O)CCN2C(=O)c3cccc([N+](=O)[O-])c3C2=O)c(Br)c1. The first-order valence-electron chi connectivity index (χ1n) is 8.55. The standard InChI is InChI=1S/C19H16BrN3O5/c1-2-11-6-7-14(13(20)10-11)21-16(24)8-9-22-18(25)12-4-3-5-15(23(27)28)17(12)19(22)26/h3-7,10H,2,8-9H2,1H3,(H,21,24). The van der Waals surface area contributed by atoms with Crippen LogP contribution in [0.3, 0.4) is 0 Å². The van der Waals surface area contributed by atoms with Crippen molar-refractivity contribution in [2.45, 2.75) is 19.8 Å². The lowest BCUT2D eigenvalue weighted by Gasteiger charge is -2.14. The van der Waals surface area contributed by atoms with Crippen molar-refractivity contribution >= 4 is 45.0 Å². The molecule has 0 saturated heterocycles. The fraction of sp³-hybridized carbons (Fsp3) is 0.211. The van der Waals surface area contributed by atoms with E-state index in [2.05, 4.69) is 21.2 Å². The Hall–Kier alpha value is -3.07. The first-order valence-corrected chi connectivity index (χ1v) is 9.34. The van der Waals surface area contributed by atoms with Crippen LogP contribution in [0.2, 0.25) is 0 Å². The number of anilines is 1. The average Bonchev–Trinajstić information content (AvgIpc) is 2.92. The molecule has 2 aromatic carbocycles. The van der Waals surface area contributed by atoms with Crippen molar-refractivity contribution in [2.24, 2.45) is 0 Å². The topological polar surface area (TPSA) is 110 Å². The number of carbonyl (C=O) groups excluding carboxylic acids is 3. The van der Waals surface area contributed by atoms with Gasteiger partial charge in [-0.05, 0) is 46.1 Å². The molecule has 0 fully saturated rings. The number of benzene rings is 2. The molecule has 0 saturated carbocycles. The lowest BCUT2D eigenvalue weighted by Crippen LogP contribution is -2.33. The van der Waals surface area contributed by atoms with Gasteiger partial charge in [-0.25, -0.2) is 0 Å². The van der Waals surface area contributed by atoms with Crippen molar-refractivity contribution in [2.75, 3.05) is 11.9 Å². The Labute approximate surface area is 168 Å². The Morgan fingerprint density at radius 2 is 1.96 bits per heavy atom. The number of halogens is 1. The fourth-order valence-electron chi connectivity index (χ4n) is 2.98. The van der Waals surface area contributed by atoms with E-state index in [1.54, 1.807) is 6.07 Å². The van der Waals surface area contributed by atoms with Gasteiger partial charge in [-0.2, -0.15) is 0 Å². The van der Waals surface area contributed by atoms with Crippen LogP contribution in [0.4, 0.5) is 11.4 Å². The van der Waals surface area contributed by atoms with Gasteiger partial charge in [-0.1, -0.05) is 19.1 Å². The van der Waals surface area contributed by atoms with Gasteiger partial charge in [0.05, 0.1) is 16.2 Å². The predicted octanol–water partition coefficient (Wildman–Crippen LogP) is 3.54. The highest BCUT2D eigenvalue weighted by Gasteiger charge is 2.40. The molecule has 1 aliphatic heterocycles. The third-order valence-corrected chi connectivity index (χ3v) is 5.11. The van der Waals surface area contributed by atoms with Gasteiger partial charge in [0.25, 0.3) is 17.5 Å². The molecule has 0 radical (unpaired) electrons. The van der Waals surface area contributed by atoms with Crippen LogP contribution >= 0.6 is 15.9 Å². The van der Waals surface area contributed by atoms with E-state index in [0.29, 0.717) is 5.69 Å². The first-order chi connectivity index (χ1) is 13.3. The third kappa shape index (κ3) is 3.65. The number of hydrogen-bond donors (Lipinski definition) is 1. The molecule has 0 atom stereocenters. The number of carbonyl (C=O) groups is 3. The minimum Gasteiger partial charge on any atom is -0.325 e. The van der Waals surface area contributed by atoms with Crippen molar-refractivity contribution in [3.63, 3.8) is 0 Å². The molecular formula is C19H16BrN3O5. The molecule has 3 amide bonds. The first kappa shape index (κ1) is 19.7. The van der Waals surface area contributed by atoms with E-state index in [-0.39, 0.29) is 30.0 Å². The largest absolute Gasteiger partial charge is 0.325 e. The van der Waals surface area contributed by atoms with E-state index in [1.807, 2.05) is 19.1 Å². The van der Waals surface area contributed by atoms with Gasteiger partial charge in [-0.3, -0.25) is 29.4 Å². The van der Waals surface area contributed by atoms with Crippen LogP contribution in [0, 0.1) is 10.1 Å². The maximum atomic E-state index is 12.5. The zero-order valence-corrected chi connectivity index (χ0v) is 16.5. The van der Waals surface area contributed by atoms with Gasteiger partial charge in [0, 0.05) is 23.5 Å². The summed E-state index contributed by atoms with van der Waals surface area (Å²) < 4.78 is 0.733. The number of amides is 3. The summed E-state index contributed by atoms with van der Waals surface area (Å²) in [4.78, 5) is 48.5. The smallest absolute Gasteiger partial charge is 0.282 e. The number of nitro benzene ring substituents is 1. The Morgan fingerprint density at radius 3 is 2.61 bits per heavy atom. The highest BCUT2D eigenvalue weighted by molar-refractivity contribution is 9.10. The Balaban J connectivity index is 1.69. The van der Waals surface area contributed by atoms with Crippen LogP contribution in [0.15, 0.2) is 40.9 Å². The van der Waals surface area contributed by atoms with E-state index in [4.69, 9.17) is 0 Å². The summed E-state index contributed by atoms with van der Waals surface area (Å²) in [5.41, 5.74) is 1.04. The summed E-state index contributed by atoms with van der Waals surface area (Å²) >= 11 is 3.40.